The van der Waals surface area contributed by atoms with Gasteiger partial charge >= 0.3 is 0 Å². The van der Waals surface area contributed by atoms with Crippen molar-refractivity contribution in [1.82, 2.24) is 0 Å². The lowest BCUT2D eigenvalue weighted by molar-refractivity contribution is 0.296. The van der Waals surface area contributed by atoms with Gasteiger partial charge in [0.15, 0.2) is 11.5 Å². The van der Waals surface area contributed by atoms with Gasteiger partial charge in [-0.05, 0) is 43.8 Å². The highest BCUT2D eigenvalue weighted by Crippen LogP contribution is 2.50. The van der Waals surface area contributed by atoms with Gasteiger partial charge in [0, 0.05) is 6.61 Å². The normalized spacial score (nSPS) is 10.2. The van der Waals surface area contributed by atoms with E-state index in [-0.39, 0.29) is 6.61 Å². The van der Waals surface area contributed by atoms with Gasteiger partial charge < -0.3 is 19.3 Å². The summed E-state index contributed by atoms with van der Waals surface area (Å²) in [5.74, 6) is 1.61. The average molecular weight is 370 g/mol. The monoisotopic (exact) mass is 368 g/mol. The zero-order valence-electron chi connectivity index (χ0n) is 9.84. The first kappa shape index (κ1) is 14.6. The lowest BCUT2D eigenvalue weighted by Gasteiger charge is -2.18. The minimum Gasteiger partial charge on any atom is -0.492 e. The van der Waals surface area contributed by atoms with Crippen LogP contribution in [0.3, 0.4) is 0 Å². The Hall–Kier alpha value is -0.460. The van der Waals surface area contributed by atoms with Gasteiger partial charge in [-0.25, -0.2) is 0 Å². The van der Waals surface area contributed by atoms with Crippen LogP contribution in [0.5, 0.6) is 17.2 Å². The fraction of sp³-hybridized carbons (Fsp3) is 0.455. The average Bonchev–Trinajstić information content (AvgIpc) is 2.33. The molecule has 0 radical (unpaired) electrons. The number of hydrogen-bond acceptors (Lipinski definition) is 4. The zero-order chi connectivity index (χ0) is 13.0. The summed E-state index contributed by atoms with van der Waals surface area (Å²) in [4.78, 5) is 0. The number of aliphatic hydroxyl groups excluding tert-OH is 1. The molecule has 1 rings (SSSR count). The minimum atomic E-state index is 0.0375. The lowest BCUT2D eigenvalue weighted by atomic mass is 10.1. The van der Waals surface area contributed by atoms with Crippen LogP contribution in [-0.2, 0) is 6.42 Å². The van der Waals surface area contributed by atoms with Crippen LogP contribution < -0.4 is 14.2 Å². The number of rotatable bonds is 5. The molecule has 0 aromatic heterocycles. The molecular weight excluding hydrogens is 356 g/mol. The molecule has 0 aliphatic carbocycles. The molecule has 96 valence electrons. The van der Waals surface area contributed by atoms with Crippen molar-refractivity contribution in [3.63, 3.8) is 0 Å². The quantitative estimate of drug-likeness (QED) is 0.866. The molecule has 4 nitrogen and oxygen atoms in total. The van der Waals surface area contributed by atoms with E-state index in [4.69, 9.17) is 19.3 Å². The molecule has 6 heteroatoms. The zero-order valence-corrected chi connectivity index (χ0v) is 13.0. The summed E-state index contributed by atoms with van der Waals surface area (Å²) in [6.07, 6.45) is 0.484. The van der Waals surface area contributed by atoms with Crippen molar-refractivity contribution in [3.05, 3.63) is 14.5 Å². The summed E-state index contributed by atoms with van der Waals surface area (Å²) >= 11 is 6.89. The van der Waals surface area contributed by atoms with Gasteiger partial charge in [-0.15, -0.1) is 0 Å². The highest BCUT2D eigenvalue weighted by Gasteiger charge is 2.23. The third kappa shape index (κ3) is 2.69. The largest absolute Gasteiger partial charge is 0.492 e. The number of halogens is 2. The Bertz CT molecular complexity index is 376. The van der Waals surface area contributed by atoms with Crippen LogP contribution in [0.25, 0.3) is 0 Å². The van der Waals surface area contributed by atoms with E-state index >= 15 is 0 Å². The van der Waals surface area contributed by atoms with E-state index in [1.165, 1.54) is 0 Å². The maximum Gasteiger partial charge on any atom is 0.205 e. The molecular formula is C11H14Br2O4. The molecule has 1 aromatic carbocycles. The van der Waals surface area contributed by atoms with E-state index in [2.05, 4.69) is 31.9 Å². The first-order chi connectivity index (χ1) is 8.12. The van der Waals surface area contributed by atoms with Crippen LogP contribution in [-0.4, -0.2) is 33.0 Å². The van der Waals surface area contributed by atoms with Crippen molar-refractivity contribution in [2.24, 2.45) is 0 Å². The third-order valence-corrected chi connectivity index (χ3v) is 3.99. The van der Waals surface area contributed by atoms with Gasteiger partial charge in [-0.3, -0.25) is 0 Å². The molecule has 0 aliphatic rings. The first-order valence-corrected chi connectivity index (χ1v) is 6.47. The summed E-state index contributed by atoms with van der Waals surface area (Å²) in [7, 11) is 4.66. The Kier molecular flexibility index (Phi) is 5.55. The van der Waals surface area contributed by atoms with Crippen LogP contribution in [0, 0.1) is 0 Å². The van der Waals surface area contributed by atoms with Crippen molar-refractivity contribution < 1.29 is 19.3 Å². The second-order valence-electron chi connectivity index (χ2n) is 3.18. The van der Waals surface area contributed by atoms with Crippen molar-refractivity contribution in [1.29, 1.82) is 0 Å². The van der Waals surface area contributed by atoms with Gasteiger partial charge in [0.2, 0.25) is 5.75 Å². The van der Waals surface area contributed by atoms with E-state index in [0.29, 0.717) is 23.7 Å². The smallest absolute Gasteiger partial charge is 0.205 e. The standard InChI is InChI=1S/C11H14Br2O4/c1-15-9-7(12)6(4-5-14)8(13)10(16-2)11(9)17-3/h14H,4-5H2,1-3H3. The molecule has 17 heavy (non-hydrogen) atoms. The topological polar surface area (TPSA) is 47.9 Å². The van der Waals surface area contributed by atoms with Crippen LogP contribution in [0.1, 0.15) is 5.56 Å². The van der Waals surface area contributed by atoms with Crippen LogP contribution in [0.2, 0.25) is 0 Å². The molecule has 0 unspecified atom stereocenters. The molecule has 0 bridgehead atoms. The van der Waals surface area contributed by atoms with Gasteiger partial charge in [0.25, 0.3) is 0 Å². The molecule has 1 N–H and O–H groups in total. The summed E-state index contributed by atoms with van der Waals surface area (Å²) in [5, 5.41) is 9.07. The minimum absolute atomic E-state index is 0.0375. The molecule has 0 atom stereocenters. The molecule has 0 amide bonds. The van der Waals surface area contributed by atoms with Crippen molar-refractivity contribution in [3.8, 4) is 17.2 Å². The third-order valence-electron chi connectivity index (χ3n) is 2.32. The summed E-state index contributed by atoms with van der Waals surface area (Å²) in [5.41, 5.74) is 0.877. The SMILES string of the molecule is COc1c(Br)c(CCO)c(Br)c(OC)c1OC. The van der Waals surface area contributed by atoms with Gasteiger partial charge in [0.1, 0.15) is 0 Å². The number of methoxy groups -OCH3 is 3. The van der Waals surface area contributed by atoms with E-state index in [0.717, 1.165) is 14.5 Å². The number of hydrogen-bond donors (Lipinski definition) is 1. The number of ether oxygens (including phenoxy) is 3. The summed E-state index contributed by atoms with van der Waals surface area (Å²) < 4.78 is 17.4. The molecule has 0 spiro atoms. The first-order valence-electron chi connectivity index (χ1n) is 4.88. The fourth-order valence-electron chi connectivity index (χ4n) is 1.55. The second-order valence-corrected chi connectivity index (χ2v) is 4.77. The maximum atomic E-state index is 9.07. The van der Waals surface area contributed by atoms with E-state index < -0.39 is 0 Å². The van der Waals surface area contributed by atoms with Crippen molar-refractivity contribution in [2.75, 3.05) is 27.9 Å². The summed E-state index contributed by atoms with van der Waals surface area (Å²) in [6, 6.07) is 0. The van der Waals surface area contributed by atoms with Crippen molar-refractivity contribution in [2.45, 2.75) is 6.42 Å². The highest BCUT2D eigenvalue weighted by atomic mass is 79.9. The highest BCUT2D eigenvalue weighted by molar-refractivity contribution is 9.11. The Morgan fingerprint density at radius 2 is 1.29 bits per heavy atom. The maximum absolute atomic E-state index is 9.07. The number of aliphatic hydroxyl groups is 1. The Morgan fingerprint density at radius 1 is 0.882 bits per heavy atom. The second kappa shape index (κ2) is 6.47. The van der Waals surface area contributed by atoms with E-state index in [9.17, 15) is 0 Å². The van der Waals surface area contributed by atoms with Gasteiger partial charge in [-0.1, -0.05) is 0 Å². The van der Waals surface area contributed by atoms with Crippen LogP contribution in [0.15, 0.2) is 8.95 Å². The Morgan fingerprint density at radius 3 is 1.59 bits per heavy atom. The molecule has 0 saturated carbocycles. The molecule has 0 aliphatic heterocycles. The fourth-order valence-corrected chi connectivity index (χ4v) is 3.30. The predicted molar refractivity (Wildman–Crippen MR) is 72.3 cm³/mol. The molecule has 0 fully saturated rings. The Balaban J connectivity index is 3.54. The predicted octanol–water partition coefficient (Wildman–Crippen LogP) is 2.77. The molecule has 1 aromatic rings. The van der Waals surface area contributed by atoms with Crippen LogP contribution >= 0.6 is 31.9 Å². The van der Waals surface area contributed by atoms with E-state index in [1.807, 2.05) is 0 Å². The van der Waals surface area contributed by atoms with Crippen LogP contribution in [0.4, 0.5) is 0 Å². The van der Waals surface area contributed by atoms with Gasteiger partial charge in [0.05, 0.1) is 30.3 Å². The lowest BCUT2D eigenvalue weighted by Crippen LogP contribution is -2.02. The van der Waals surface area contributed by atoms with E-state index in [1.54, 1.807) is 21.3 Å². The summed E-state index contributed by atoms with van der Waals surface area (Å²) in [6.45, 7) is 0.0375. The molecule has 0 saturated heterocycles. The molecule has 0 heterocycles. The van der Waals surface area contributed by atoms with Gasteiger partial charge in [-0.2, -0.15) is 0 Å². The number of benzene rings is 1. The van der Waals surface area contributed by atoms with Crippen molar-refractivity contribution >= 4 is 31.9 Å². The Labute approximate surface area is 117 Å².